The number of halogens is 1. The molecule has 7 heteroatoms. The van der Waals surface area contributed by atoms with E-state index in [9.17, 15) is 14.7 Å². The van der Waals surface area contributed by atoms with Crippen LogP contribution < -0.4 is 5.32 Å². The molecule has 0 saturated carbocycles. The van der Waals surface area contributed by atoms with Crippen molar-refractivity contribution in [3.63, 3.8) is 0 Å². The van der Waals surface area contributed by atoms with Gasteiger partial charge in [-0.25, -0.2) is 9.59 Å². The molecule has 1 aromatic heterocycles. The molecule has 0 aliphatic carbocycles. The van der Waals surface area contributed by atoms with Crippen molar-refractivity contribution in [2.24, 2.45) is 0 Å². The summed E-state index contributed by atoms with van der Waals surface area (Å²) in [6, 6.07) is 3.10. The summed E-state index contributed by atoms with van der Waals surface area (Å²) in [4.78, 5) is 26.0. The maximum absolute atomic E-state index is 12.3. The van der Waals surface area contributed by atoms with Crippen molar-refractivity contribution < 1.29 is 14.7 Å². The van der Waals surface area contributed by atoms with Gasteiger partial charge in [-0.1, -0.05) is 11.6 Å². The smallest absolute Gasteiger partial charge is 0.329 e. The van der Waals surface area contributed by atoms with E-state index in [0.29, 0.717) is 23.7 Å². The molecule has 110 valence electrons. The Morgan fingerprint density at radius 2 is 2.25 bits per heavy atom. The summed E-state index contributed by atoms with van der Waals surface area (Å²) in [5, 5.41) is 12.1. The molecule has 1 saturated heterocycles. The monoisotopic (exact) mass is 316 g/mol. The second kappa shape index (κ2) is 5.61. The van der Waals surface area contributed by atoms with E-state index < -0.39 is 11.5 Å². The Morgan fingerprint density at radius 1 is 1.55 bits per heavy atom. The van der Waals surface area contributed by atoms with E-state index in [2.05, 4.69) is 5.32 Å². The fourth-order valence-electron chi connectivity index (χ4n) is 2.41. The van der Waals surface area contributed by atoms with Gasteiger partial charge in [-0.3, -0.25) is 0 Å². The number of likely N-dealkylation sites (tertiary alicyclic amines) is 1. The van der Waals surface area contributed by atoms with Crippen molar-refractivity contribution in [2.45, 2.75) is 38.3 Å². The molecule has 2 atom stereocenters. The molecule has 2 unspecified atom stereocenters. The van der Waals surface area contributed by atoms with Gasteiger partial charge in [-0.15, -0.1) is 11.3 Å². The van der Waals surface area contributed by atoms with Crippen LogP contribution in [0.25, 0.3) is 0 Å². The number of carbonyl (C=O) groups is 2. The summed E-state index contributed by atoms with van der Waals surface area (Å²) in [7, 11) is 0. The molecule has 1 aliphatic rings. The molecule has 2 amide bonds. The number of carboxylic acids is 1. The van der Waals surface area contributed by atoms with E-state index >= 15 is 0 Å². The van der Waals surface area contributed by atoms with E-state index in [1.165, 1.54) is 16.2 Å². The molecule has 1 aromatic rings. The summed E-state index contributed by atoms with van der Waals surface area (Å²) < 4.78 is 0.664. The predicted octanol–water partition coefficient (Wildman–Crippen LogP) is 3.11. The SMILES string of the molecule is CC(NC(=O)N1CCCC1(C)C(=O)O)c1ccc(Cl)s1. The zero-order valence-electron chi connectivity index (χ0n) is 11.4. The van der Waals surface area contributed by atoms with E-state index in [1.807, 2.05) is 13.0 Å². The van der Waals surface area contributed by atoms with Crippen LogP contribution in [0.1, 0.15) is 37.6 Å². The van der Waals surface area contributed by atoms with E-state index in [0.717, 1.165) is 4.88 Å². The quantitative estimate of drug-likeness (QED) is 0.900. The highest BCUT2D eigenvalue weighted by Crippen LogP contribution is 2.31. The number of hydrogen-bond donors (Lipinski definition) is 2. The first kappa shape index (κ1) is 15.1. The van der Waals surface area contributed by atoms with Crippen molar-refractivity contribution in [1.82, 2.24) is 10.2 Å². The maximum atomic E-state index is 12.3. The van der Waals surface area contributed by atoms with Crippen LogP contribution in [0.15, 0.2) is 12.1 Å². The number of thiophene rings is 1. The molecular formula is C13H17ClN2O3S. The number of aliphatic carboxylic acids is 1. The Morgan fingerprint density at radius 3 is 2.80 bits per heavy atom. The zero-order valence-corrected chi connectivity index (χ0v) is 12.9. The minimum atomic E-state index is -1.11. The summed E-state index contributed by atoms with van der Waals surface area (Å²) in [6.07, 6.45) is 1.18. The number of hydrogen-bond acceptors (Lipinski definition) is 3. The fraction of sp³-hybridized carbons (Fsp3) is 0.538. The lowest BCUT2D eigenvalue weighted by molar-refractivity contribution is -0.147. The minimum absolute atomic E-state index is 0.196. The number of carboxylic acid groups (broad SMARTS) is 1. The molecule has 0 radical (unpaired) electrons. The third-order valence-corrected chi connectivity index (χ3v) is 5.12. The average molecular weight is 317 g/mol. The van der Waals surface area contributed by atoms with Gasteiger partial charge >= 0.3 is 12.0 Å². The van der Waals surface area contributed by atoms with Crippen molar-refractivity contribution in [1.29, 1.82) is 0 Å². The number of nitrogens with one attached hydrogen (secondary N) is 1. The molecule has 1 aliphatic heterocycles. The van der Waals surface area contributed by atoms with Crippen LogP contribution in [0, 0.1) is 0 Å². The molecule has 2 heterocycles. The average Bonchev–Trinajstić information content (AvgIpc) is 2.96. The van der Waals surface area contributed by atoms with Crippen LogP contribution in [0.2, 0.25) is 4.34 Å². The number of amides is 2. The Bertz CT molecular complexity index is 533. The Labute approximate surface area is 126 Å². The topological polar surface area (TPSA) is 69.6 Å². The predicted molar refractivity (Wildman–Crippen MR) is 78.3 cm³/mol. The molecule has 1 fully saturated rings. The molecule has 0 spiro atoms. The number of nitrogens with zero attached hydrogens (tertiary/aromatic N) is 1. The zero-order chi connectivity index (χ0) is 14.9. The highest BCUT2D eigenvalue weighted by molar-refractivity contribution is 7.16. The van der Waals surface area contributed by atoms with Gasteiger partial charge in [-0.2, -0.15) is 0 Å². The number of carbonyl (C=O) groups excluding carboxylic acids is 1. The highest BCUT2D eigenvalue weighted by atomic mass is 35.5. The van der Waals surface area contributed by atoms with Gasteiger partial charge < -0.3 is 15.3 Å². The van der Waals surface area contributed by atoms with Gasteiger partial charge in [0.05, 0.1) is 10.4 Å². The maximum Gasteiger partial charge on any atom is 0.329 e. The molecule has 20 heavy (non-hydrogen) atoms. The fourth-order valence-corrected chi connectivity index (χ4v) is 3.47. The number of urea groups is 1. The first-order valence-electron chi connectivity index (χ1n) is 6.41. The molecular weight excluding hydrogens is 300 g/mol. The van der Waals surface area contributed by atoms with Gasteiger partial charge in [0.15, 0.2) is 0 Å². The summed E-state index contributed by atoms with van der Waals surface area (Å²) in [5.74, 6) is -0.961. The van der Waals surface area contributed by atoms with Gasteiger partial charge in [0.2, 0.25) is 0 Å². The lowest BCUT2D eigenvalue weighted by Gasteiger charge is -2.32. The lowest BCUT2D eigenvalue weighted by atomic mass is 10.00. The summed E-state index contributed by atoms with van der Waals surface area (Å²) in [5.41, 5.74) is -1.11. The first-order valence-corrected chi connectivity index (χ1v) is 7.61. The first-order chi connectivity index (χ1) is 9.34. The van der Waals surface area contributed by atoms with Crippen molar-refractivity contribution in [3.8, 4) is 0 Å². The summed E-state index contributed by atoms with van der Waals surface area (Å²) in [6.45, 7) is 3.91. The van der Waals surface area contributed by atoms with Crippen LogP contribution in [0.3, 0.4) is 0 Å². The van der Waals surface area contributed by atoms with Gasteiger partial charge in [0.1, 0.15) is 5.54 Å². The molecule has 0 aromatic carbocycles. The van der Waals surface area contributed by atoms with Crippen molar-refractivity contribution >= 4 is 34.9 Å². The van der Waals surface area contributed by atoms with E-state index in [-0.39, 0.29) is 12.1 Å². The van der Waals surface area contributed by atoms with Crippen LogP contribution in [0.4, 0.5) is 4.79 Å². The minimum Gasteiger partial charge on any atom is -0.480 e. The lowest BCUT2D eigenvalue weighted by Crippen LogP contribution is -2.54. The third kappa shape index (κ3) is 2.76. The van der Waals surface area contributed by atoms with Crippen molar-refractivity contribution in [3.05, 3.63) is 21.3 Å². The van der Waals surface area contributed by atoms with Gasteiger partial charge in [0, 0.05) is 11.4 Å². The van der Waals surface area contributed by atoms with E-state index in [1.54, 1.807) is 13.0 Å². The highest BCUT2D eigenvalue weighted by Gasteiger charge is 2.46. The Kier molecular flexibility index (Phi) is 4.25. The van der Waals surface area contributed by atoms with E-state index in [4.69, 9.17) is 11.6 Å². The second-order valence-electron chi connectivity index (χ2n) is 5.15. The number of rotatable bonds is 3. The molecule has 2 N–H and O–H groups in total. The molecule has 5 nitrogen and oxygen atoms in total. The third-order valence-electron chi connectivity index (χ3n) is 3.71. The van der Waals surface area contributed by atoms with Gasteiger partial charge in [-0.05, 0) is 38.8 Å². The van der Waals surface area contributed by atoms with Crippen LogP contribution >= 0.6 is 22.9 Å². The van der Waals surface area contributed by atoms with Crippen molar-refractivity contribution in [2.75, 3.05) is 6.54 Å². The van der Waals surface area contributed by atoms with Crippen LogP contribution in [-0.4, -0.2) is 34.1 Å². The largest absolute Gasteiger partial charge is 0.480 e. The Hall–Kier alpha value is -1.27. The molecule has 0 bridgehead atoms. The van der Waals surface area contributed by atoms with Gasteiger partial charge in [0.25, 0.3) is 0 Å². The summed E-state index contributed by atoms with van der Waals surface area (Å²) >= 11 is 7.28. The molecule has 2 rings (SSSR count). The normalized spacial score (nSPS) is 23.6. The standard InChI is InChI=1S/C13H17ClN2O3S/c1-8(9-4-5-10(14)20-9)15-12(19)16-7-3-6-13(16,2)11(17)18/h4-5,8H,3,6-7H2,1-2H3,(H,15,19)(H,17,18). The van der Waals surface area contributed by atoms with Crippen LogP contribution in [0.5, 0.6) is 0 Å². The Balaban J connectivity index is 2.06. The van der Waals surface area contributed by atoms with Crippen LogP contribution in [-0.2, 0) is 4.79 Å². The second-order valence-corrected chi connectivity index (χ2v) is 6.89.